The number of anilines is 1. The fourth-order valence-electron chi connectivity index (χ4n) is 1.75. The molecule has 1 heterocycles. The highest BCUT2D eigenvalue weighted by atomic mass is 19.1. The molecule has 1 unspecified atom stereocenters. The minimum absolute atomic E-state index is 0.117. The molecule has 0 saturated heterocycles. The maximum atomic E-state index is 13.1. The Morgan fingerprint density at radius 3 is 2.82 bits per heavy atom. The Morgan fingerprint density at radius 1 is 1.41 bits per heavy atom. The summed E-state index contributed by atoms with van der Waals surface area (Å²) in [5, 5.41) is 11.8. The maximum Gasteiger partial charge on any atom is 0.356 e. The van der Waals surface area contributed by atoms with Crippen LogP contribution in [0, 0.1) is 5.82 Å². The van der Waals surface area contributed by atoms with E-state index in [-0.39, 0.29) is 17.6 Å². The highest BCUT2D eigenvalue weighted by Crippen LogP contribution is 2.15. The summed E-state index contributed by atoms with van der Waals surface area (Å²) in [6.45, 7) is 2.39. The van der Waals surface area contributed by atoms with Crippen molar-refractivity contribution < 1.29 is 19.0 Å². The van der Waals surface area contributed by atoms with Gasteiger partial charge < -0.3 is 15.2 Å². The highest BCUT2D eigenvalue weighted by Gasteiger charge is 2.10. The lowest BCUT2D eigenvalue weighted by molar-refractivity contribution is 0.0690. The van der Waals surface area contributed by atoms with Crippen molar-refractivity contribution in [1.29, 1.82) is 0 Å². The van der Waals surface area contributed by atoms with Crippen LogP contribution in [0.4, 0.5) is 10.2 Å². The molecule has 116 valence electrons. The molecule has 0 radical (unpaired) electrons. The zero-order chi connectivity index (χ0) is 15.9. The molecule has 7 heteroatoms. The van der Waals surface area contributed by atoms with Crippen molar-refractivity contribution >= 4 is 11.8 Å². The summed E-state index contributed by atoms with van der Waals surface area (Å²) in [6, 6.07) is 5.95. The molecule has 6 nitrogen and oxygen atoms in total. The van der Waals surface area contributed by atoms with Crippen molar-refractivity contribution in [2.75, 3.05) is 11.9 Å². The molecule has 1 atom stereocenters. The van der Waals surface area contributed by atoms with E-state index in [0.29, 0.717) is 24.5 Å². The monoisotopic (exact) mass is 305 g/mol. The molecule has 0 saturated carbocycles. The number of hydrogen-bond acceptors (Lipinski definition) is 5. The number of hydrogen-bond donors (Lipinski definition) is 2. The fourth-order valence-corrected chi connectivity index (χ4v) is 1.75. The molecule has 0 amide bonds. The van der Waals surface area contributed by atoms with Crippen LogP contribution >= 0.6 is 0 Å². The summed E-state index contributed by atoms with van der Waals surface area (Å²) in [6.07, 6.45) is 3.06. The fraction of sp³-hybridized carbons (Fsp3) is 0.267. The Morgan fingerprint density at radius 2 is 2.23 bits per heavy atom. The van der Waals surface area contributed by atoms with Gasteiger partial charge in [0.2, 0.25) is 0 Å². The molecule has 0 aliphatic carbocycles. The van der Waals surface area contributed by atoms with Crippen LogP contribution in [-0.2, 0) is 0 Å². The van der Waals surface area contributed by atoms with E-state index in [4.69, 9.17) is 9.84 Å². The van der Waals surface area contributed by atoms with Gasteiger partial charge in [-0.2, -0.15) is 0 Å². The van der Waals surface area contributed by atoms with Crippen molar-refractivity contribution in [3.8, 4) is 5.75 Å². The molecule has 0 spiro atoms. The second-order valence-electron chi connectivity index (χ2n) is 4.58. The van der Waals surface area contributed by atoms with E-state index in [2.05, 4.69) is 15.3 Å². The molecular formula is C15H16FN3O3. The number of aromatic carboxylic acids is 1. The second-order valence-corrected chi connectivity index (χ2v) is 4.58. The molecule has 2 rings (SSSR count). The smallest absolute Gasteiger partial charge is 0.356 e. The summed E-state index contributed by atoms with van der Waals surface area (Å²) in [5.41, 5.74) is -0.117. The van der Waals surface area contributed by atoms with E-state index >= 15 is 0 Å². The zero-order valence-corrected chi connectivity index (χ0v) is 12.0. The average molecular weight is 305 g/mol. The minimum atomic E-state index is -1.13. The summed E-state index contributed by atoms with van der Waals surface area (Å²) in [5.74, 6) is -0.567. The molecular weight excluding hydrogens is 289 g/mol. The molecule has 0 bridgehead atoms. The first kappa shape index (κ1) is 15.7. The number of nitrogens with zero attached hydrogens (tertiary/aromatic N) is 2. The quantitative estimate of drug-likeness (QED) is 0.818. The summed E-state index contributed by atoms with van der Waals surface area (Å²) in [4.78, 5) is 18.4. The number of carboxylic acid groups (broad SMARTS) is 1. The Bertz CT molecular complexity index is 634. The van der Waals surface area contributed by atoms with Crippen molar-refractivity contribution in [3.63, 3.8) is 0 Å². The maximum absolute atomic E-state index is 13.1. The van der Waals surface area contributed by atoms with Crippen LogP contribution in [0.15, 0.2) is 36.7 Å². The topological polar surface area (TPSA) is 84.3 Å². The van der Waals surface area contributed by atoms with Crippen LogP contribution in [0.2, 0.25) is 0 Å². The van der Waals surface area contributed by atoms with Gasteiger partial charge in [-0.15, -0.1) is 0 Å². The third kappa shape index (κ3) is 4.41. The Balaban J connectivity index is 1.91. The first-order valence-corrected chi connectivity index (χ1v) is 6.80. The van der Waals surface area contributed by atoms with Crippen LogP contribution in [-0.4, -0.2) is 33.7 Å². The van der Waals surface area contributed by atoms with Gasteiger partial charge in [-0.3, -0.25) is 0 Å². The van der Waals surface area contributed by atoms with Gasteiger partial charge in [0.05, 0.1) is 18.9 Å². The molecule has 22 heavy (non-hydrogen) atoms. The normalized spacial score (nSPS) is 11.7. The van der Waals surface area contributed by atoms with Gasteiger partial charge in [-0.25, -0.2) is 19.2 Å². The lowest BCUT2D eigenvalue weighted by Crippen LogP contribution is -2.25. The van der Waals surface area contributed by atoms with Gasteiger partial charge in [-0.1, -0.05) is 13.0 Å². The third-order valence-electron chi connectivity index (χ3n) is 2.94. The van der Waals surface area contributed by atoms with E-state index in [9.17, 15) is 9.18 Å². The Kier molecular flexibility index (Phi) is 5.24. The predicted molar refractivity (Wildman–Crippen MR) is 78.6 cm³/mol. The number of nitrogens with one attached hydrogen (secondary N) is 1. The van der Waals surface area contributed by atoms with Gasteiger partial charge in [0.15, 0.2) is 5.69 Å². The SMILES string of the molecule is CCC(CNc1cnc(C(=O)O)cn1)Oc1cccc(F)c1. The summed E-state index contributed by atoms with van der Waals surface area (Å²) < 4.78 is 18.8. The number of rotatable bonds is 7. The van der Waals surface area contributed by atoms with Crippen LogP contribution in [0.25, 0.3) is 0 Å². The van der Waals surface area contributed by atoms with E-state index in [1.54, 1.807) is 12.1 Å². The summed E-state index contributed by atoms with van der Waals surface area (Å²) in [7, 11) is 0. The Hall–Kier alpha value is -2.70. The van der Waals surface area contributed by atoms with Gasteiger partial charge in [0.1, 0.15) is 23.5 Å². The highest BCUT2D eigenvalue weighted by molar-refractivity contribution is 5.84. The molecule has 2 N–H and O–H groups in total. The molecule has 2 aromatic rings. The van der Waals surface area contributed by atoms with Crippen molar-refractivity contribution in [2.24, 2.45) is 0 Å². The molecule has 0 aliphatic heterocycles. The number of aromatic nitrogens is 2. The second kappa shape index (κ2) is 7.35. The third-order valence-corrected chi connectivity index (χ3v) is 2.94. The number of halogens is 1. The largest absolute Gasteiger partial charge is 0.489 e. The zero-order valence-electron chi connectivity index (χ0n) is 12.0. The number of ether oxygens (including phenoxy) is 1. The minimum Gasteiger partial charge on any atom is -0.489 e. The standard InChI is InChI=1S/C15H16FN3O3/c1-2-11(22-12-5-3-4-10(16)6-12)7-18-14-9-17-13(8-19-14)15(20)21/h3-6,8-9,11H,2,7H2,1H3,(H,18,19)(H,20,21). The van der Waals surface area contributed by atoms with Crippen LogP contribution in [0.1, 0.15) is 23.8 Å². The molecule has 1 aromatic carbocycles. The first-order valence-electron chi connectivity index (χ1n) is 6.80. The molecule has 1 aromatic heterocycles. The van der Waals surface area contributed by atoms with E-state index in [1.165, 1.54) is 24.5 Å². The number of carbonyl (C=O) groups is 1. The first-order chi connectivity index (χ1) is 10.6. The van der Waals surface area contributed by atoms with Crippen LogP contribution < -0.4 is 10.1 Å². The van der Waals surface area contributed by atoms with E-state index in [1.807, 2.05) is 6.92 Å². The van der Waals surface area contributed by atoms with Crippen molar-refractivity contribution in [3.05, 3.63) is 48.2 Å². The average Bonchev–Trinajstić information content (AvgIpc) is 2.52. The molecule has 0 fully saturated rings. The van der Waals surface area contributed by atoms with Crippen molar-refractivity contribution in [1.82, 2.24) is 9.97 Å². The van der Waals surface area contributed by atoms with E-state index in [0.717, 1.165) is 0 Å². The Labute approximate surface area is 127 Å². The summed E-state index contributed by atoms with van der Waals surface area (Å²) >= 11 is 0. The van der Waals surface area contributed by atoms with Gasteiger partial charge in [0.25, 0.3) is 0 Å². The lowest BCUT2D eigenvalue weighted by atomic mass is 10.2. The lowest BCUT2D eigenvalue weighted by Gasteiger charge is -2.18. The van der Waals surface area contributed by atoms with Crippen LogP contribution in [0.3, 0.4) is 0 Å². The van der Waals surface area contributed by atoms with Gasteiger partial charge in [0, 0.05) is 6.07 Å². The number of benzene rings is 1. The van der Waals surface area contributed by atoms with Crippen molar-refractivity contribution in [2.45, 2.75) is 19.4 Å². The number of carboxylic acids is 1. The predicted octanol–water partition coefficient (Wildman–Crippen LogP) is 2.58. The van der Waals surface area contributed by atoms with Crippen LogP contribution in [0.5, 0.6) is 5.75 Å². The molecule has 0 aliphatic rings. The van der Waals surface area contributed by atoms with E-state index < -0.39 is 5.97 Å². The van der Waals surface area contributed by atoms with Gasteiger partial charge >= 0.3 is 5.97 Å². The van der Waals surface area contributed by atoms with Gasteiger partial charge in [-0.05, 0) is 18.6 Å².